The van der Waals surface area contributed by atoms with E-state index in [1.165, 1.54) is 0 Å². The van der Waals surface area contributed by atoms with Crippen LogP contribution in [0.25, 0.3) is 0 Å². The van der Waals surface area contributed by atoms with Crippen molar-refractivity contribution in [1.82, 2.24) is 10.3 Å². The second-order valence-electron chi connectivity index (χ2n) is 4.97. The summed E-state index contributed by atoms with van der Waals surface area (Å²) in [6, 6.07) is 0. The largest absolute Gasteiger partial charge is 0.329 e. The standard InChI is InChI=1S/C12H19N3O2/c1-5-8-15(12(2,3)4)11(17)9-6-7-10(16)14-13-9/h5H,1,6-8H2,2-4H3,(H,14,16). The molecule has 1 aliphatic rings. The first-order valence-corrected chi connectivity index (χ1v) is 5.64. The van der Waals surface area contributed by atoms with Crippen molar-refractivity contribution in [3.8, 4) is 0 Å². The van der Waals surface area contributed by atoms with Crippen molar-refractivity contribution in [3.63, 3.8) is 0 Å². The Labute approximate surface area is 102 Å². The van der Waals surface area contributed by atoms with Gasteiger partial charge in [-0.15, -0.1) is 6.58 Å². The fraction of sp³-hybridized carbons (Fsp3) is 0.583. The number of amides is 2. The highest BCUT2D eigenvalue weighted by Crippen LogP contribution is 2.15. The Kier molecular flexibility index (Phi) is 4.04. The molecule has 5 heteroatoms. The zero-order valence-corrected chi connectivity index (χ0v) is 10.6. The predicted octanol–water partition coefficient (Wildman–Crippen LogP) is 1.07. The van der Waals surface area contributed by atoms with Gasteiger partial charge in [0.25, 0.3) is 5.91 Å². The Balaban J connectivity index is 2.85. The summed E-state index contributed by atoms with van der Waals surface area (Å²) in [5.74, 6) is -0.287. The van der Waals surface area contributed by atoms with Gasteiger partial charge in [-0.2, -0.15) is 5.10 Å². The fourth-order valence-corrected chi connectivity index (χ4v) is 1.57. The van der Waals surface area contributed by atoms with Gasteiger partial charge in [-0.25, -0.2) is 5.43 Å². The van der Waals surface area contributed by atoms with E-state index < -0.39 is 0 Å². The maximum atomic E-state index is 12.2. The van der Waals surface area contributed by atoms with E-state index >= 15 is 0 Å². The molecule has 0 atom stereocenters. The predicted molar refractivity (Wildman–Crippen MR) is 66.5 cm³/mol. The van der Waals surface area contributed by atoms with E-state index in [1.54, 1.807) is 11.0 Å². The van der Waals surface area contributed by atoms with Crippen molar-refractivity contribution in [2.45, 2.75) is 39.2 Å². The van der Waals surface area contributed by atoms with Gasteiger partial charge in [-0.05, 0) is 20.8 Å². The lowest BCUT2D eigenvalue weighted by atomic mass is 10.0. The van der Waals surface area contributed by atoms with Crippen molar-refractivity contribution >= 4 is 17.5 Å². The van der Waals surface area contributed by atoms with Crippen molar-refractivity contribution < 1.29 is 9.59 Å². The molecule has 0 aliphatic carbocycles. The van der Waals surface area contributed by atoms with E-state index in [2.05, 4.69) is 17.1 Å². The Morgan fingerprint density at radius 2 is 2.18 bits per heavy atom. The number of hydrogen-bond acceptors (Lipinski definition) is 3. The molecule has 0 unspecified atom stereocenters. The Bertz CT molecular complexity index is 366. The van der Waals surface area contributed by atoms with E-state index in [0.29, 0.717) is 25.1 Å². The Hall–Kier alpha value is -1.65. The summed E-state index contributed by atoms with van der Waals surface area (Å²) in [6.07, 6.45) is 2.40. The third-order valence-corrected chi connectivity index (χ3v) is 2.52. The van der Waals surface area contributed by atoms with Gasteiger partial charge in [0.05, 0.1) is 0 Å². The van der Waals surface area contributed by atoms with E-state index in [4.69, 9.17) is 0 Å². The normalized spacial score (nSPS) is 15.9. The average Bonchev–Trinajstić information content (AvgIpc) is 2.24. The molecule has 2 amide bonds. The highest BCUT2D eigenvalue weighted by atomic mass is 16.2. The molecule has 1 aliphatic heterocycles. The van der Waals surface area contributed by atoms with E-state index in [9.17, 15) is 9.59 Å². The zero-order valence-electron chi connectivity index (χ0n) is 10.6. The van der Waals surface area contributed by atoms with Crippen LogP contribution in [0.1, 0.15) is 33.6 Å². The average molecular weight is 237 g/mol. The van der Waals surface area contributed by atoms with E-state index in [0.717, 1.165) is 0 Å². The lowest BCUT2D eigenvalue weighted by molar-refractivity contribution is -0.128. The summed E-state index contributed by atoms with van der Waals surface area (Å²) < 4.78 is 0. The van der Waals surface area contributed by atoms with Crippen LogP contribution < -0.4 is 5.43 Å². The van der Waals surface area contributed by atoms with Crippen molar-refractivity contribution in [3.05, 3.63) is 12.7 Å². The maximum Gasteiger partial charge on any atom is 0.270 e. The molecule has 1 heterocycles. The van der Waals surface area contributed by atoms with Crippen LogP contribution in [0.3, 0.4) is 0 Å². The SMILES string of the molecule is C=CCN(C(=O)C1=NNC(=O)CC1)C(C)(C)C. The molecule has 94 valence electrons. The monoisotopic (exact) mass is 237 g/mol. The summed E-state index contributed by atoms with van der Waals surface area (Å²) in [5.41, 5.74) is 2.44. The van der Waals surface area contributed by atoms with Crippen LogP contribution in [-0.2, 0) is 9.59 Å². The molecular weight excluding hydrogens is 218 g/mol. The van der Waals surface area contributed by atoms with Crippen molar-refractivity contribution in [2.24, 2.45) is 5.10 Å². The molecule has 1 N–H and O–H groups in total. The first kappa shape index (κ1) is 13.4. The number of nitrogens with one attached hydrogen (secondary N) is 1. The highest BCUT2D eigenvalue weighted by Gasteiger charge is 2.30. The van der Waals surface area contributed by atoms with Gasteiger partial charge < -0.3 is 4.90 Å². The topological polar surface area (TPSA) is 61.8 Å². The van der Waals surface area contributed by atoms with Crippen LogP contribution in [0.5, 0.6) is 0 Å². The summed E-state index contributed by atoms with van der Waals surface area (Å²) in [6.45, 7) is 9.98. The Morgan fingerprint density at radius 3 is 2.59 bits per heavy atom. The van der Waals surface area contributed by atoms with E-state index in [-0.39, 0.29) is 17.4 Å². The molecule has 0 aromatic carbocycles. The number of carbonyl (C=O) groups excluding carboxylic acids is 2. The Morgan fingerprint density at radius 1 is 1.53 bits per heavy atom. The van der Waals surface area contributed by atoms with Gasteiger partial charge >= 0.3 is 0 Å². The lowest BCUT2D eigenvalue weighted by Gasteiger charge is -2.35. The van der Waals surface area contributed by atoms with E-state index in [1.807, 2.05) is 20.8 Å². The number of carbonyl (C=O) groups is 2. The van der Waals surface area contributed by atoms with Gasteiger partial charge in [-0.3, -0.25) is 9.59 Å². The van der Waals surface area contributed by atoms with Crippen LogP contribution in [0.4, 0.5) is 0 Å². The third kappa shape index (κ3) is 3.41. The second kappa shape index (κ2) is 5.12. The first-order chi connectivity index (χ1) is 7.86. The summed E-state index contributed by atoms with van der Waals surface area (Å²) in [7, 11) is 0. The van der Waals surface area contributed by atoms with Gasteiger partial charge in [-0.1, -0.05) is 6.08 Å². The maximum absolute atomic E-state index is 12.2. The molecular formula is C12H19N3O2. The van der Waals surface area contributed by atoms with Gasteiger partial charge in [0.2, 0.25) is 5.91 Å². The molecule has 0 saturated heterocycles. The minimum atomic E-state index is -0.296. The van der Waals surface area contributed by atoms with Gasteiger partial charge in [0, 0.05) is 24.9 Å². The minimum absolute atomic E-state index is 0.141. The second-order valence-corrected chi connectivity index (χ2v) is 4.97. The molecule has 0 saturated carbocycles. The van der Waals surface area contributed by atoms with Crippen LogP contribution in [0, 0.1) is 0 Å². The molecule has 0 bridgehead atoms. The zero-order chi connectivity index (χ0) is 13.1. The van der Waals surface area contributed by atoms with Crippen molar-refractivity contribution in [2.75, 3.05) is 6.54 Å². The molecule has 1 rings (SSSR count). The molecule has 17 heavy (non-hydrogen) atoms. The third-order valence-electron chi connectivity index (χ3n) is 2.52. The lowest BCUT2D eigenvalue weighted by Crippen LogP contribution is -2.49. The van der Waals surface area contributed by atoms with Crippen LogP contribution in [0.2, 0.25) is 0 Å². The molecule has 0 fully saturated rings. The number of hydrazone groups is 1. The molecule has 0 aromatic heterocycles. The first-order valence-electron chi connectivity index (χ1n) is 5.64. The molecule has 0 spiro atoms. The quantitative estimate of drug-likeness (QED) is 0.746. The smallest absolute Gasteiger partial charge is 0.270 e. The fourth-order valence-electron chi connectivity index (χ4n) is 1.57. The number of hydrogen-bond donors (Lipinski definition) is 1. The summed E-state index contributed by atoms with van der Waals surface area (Å²) in [5, 5.41) is 3.82. The molecule has 5 nitrogen and oxygen atoms in total. The van der Waals surface area contributed by atoms with Crippen LogP contribution in [0.15, 0.2) is 17.8 Å². The summed E-state index contributed by atoms with van der Waals surface area (Å²) >= 11 is 0. The minimum Gasteiger partial charge on any atom is -0.329 e. The van der Waals surface area contributed by atoms with Crippen LogP contribution >= 0.6 is 0 Å². The van der Waals surface area contributed by atoms with Crippen LogP contribution in [-0.4, -0.2) is 34.5 Å². The van der Waals surface area contributed by atoms with Crippen molar-refractivity contribution in [1.29, 1.82) is 0 Å². The summed E-state index contributed by atoms with van der Waals surface area (Å²) in [4.78, 5) is 24.9. The van der Waals surface area contributed by atoms with Gasteiger partial charge in [0.15, 0.2) is 0 Å². The number of rotatable bonds is 3. The molecule has 0 radical (unpaired) electrons. The highest BCUT2D eigenvalue weighted by molar-refractivity contribution is 6.39. The van der Waals surface area contributed by atoms with Gasteiger partial charge in [0.1, 0.15) is 5.71 Å². The molecule has 0 aromatic rings. The number of nitrogens with zero attached hydrogens (tertiary/aromatic N) is 2.